The lowest BCUT2D eigenvalue weighted by Gasteiger charge is -2.22. The molecule has 0 aliphatic heterocycles. The summed E-state index contributed by atoms with van der Waals surface area (Å²) in [6, 6.07) is 3.09. The highest BCUT2D eigenvalue weighted by Crippen LogP contribution is 2.31. The second-order valence-electron chi connectivity index (χ2n) is 4.51. The summed E-state index contributed by atoms with van der Waals surface area (Å²) in [5.74, 6) is 0.307. The van der Waals surface area contributed by atoms with Crippen molar-refractivity contribution >= 4 is 15.7 Å². The number of methoxy groups -OCH3 is 1. The molecule has 0 saturated carbocycles. The number of anilines is 1. The lowest BCUT2D eigenvalue weighted by atomic mass is 10.2. The minimum absolute atomic E-state index is 0.0957. The third kappa shape index (κ3) is 3.32. The molecule has 0 heterocycles. The smallest absolute Gasteiger partial charge is 0.247 e. The standard InChI is InChI=1S/C14H22N2O3S/c1-5-7-16(8-6-2)20(17,18)14-10-12(15)11(3)9-13(14)19-4/h5,9-10H,1,6-8,15H2,2-4H3. The number of nitrogens with zero attached hydrogens (tertiary/aromatic N) is 1. The molecule has 0 aromatic heterocycles. The molecule has 0 aliphatic rings. The van der Waals surface area contributed by atoms with Gasteiger partial charge in [0.1, 0.15) is 10.6 Å². The SMILES string of the molecule is C=CCN(CCC)S(=O)(=O)c1cc(N)c(C)cc1OC. The number of nitrogen functional groups attached to an aromatic ring is 1. The van der Waals surface area contributed by atoms with Gasteiger partial charge in [0.15, 0.2) is 0 Å². The summed E-state index contributed by atoms with van der Waals surface area (Å²) in [5.41, 5.74) is 7.04. The predicted octanol–water partition coefficient (Wildman–Crippen LogP) is 2.17. The molecule has 0 bridgehead atoms. The van der Waals surface area contributed by atoms with Gasteiger partial charge in [0.2, 0.25) is 10.0 Å². The minimum atomic E-state index is -3.65. The fourth-order valence-electron chi connectivity index (χ4n) is 1.88. The van der Waals surface area contributed by atoms with Crippen LogP contribution in [0.2, 0.25) is 0 Å². The quantitative estimate of drug-likeness (QED) is 0.618. The third-order valence-corrected chi connectivity index (χ3v) is 4.86. The maximum Gasteiger partial charge on any atom is 0.247 e. The molecule has 0 atom stereocenters. The molecule has 0 saturated heterocycles. The van der Waals surface area contributed by atoms with Gasteiger partial charge in [-0.05, 0) is 31.0 Å². The molecule has 0 aliphatic carbocycles. The van der Waals surface area contributed by atoms with Gasteiger partial charge >= 0.3 is 0 Å². The number of hydrogen-bond donors (Lipinski definition) is 1. The zero-order valence-electron chi connectivity index (χ0n) is 12.2. The Bertz CT molecular complexity index is 582. The number of ether oxygens (including phenoxy) is 1. The fourth-order valence-corrected chi connectivity index (χ4v) is 3.56. The number of sulfonamides is 1. The average Bonchev–Trinajstić information content (AvgIpc) is 2.41. The number of aryl methyl sites for hydroxylation is 1. The Kier molecular flexibility index (Phi) is 5.59. The average molecular weight is 298 g/mol. The van der Waals surface area contributed by atoms with E-state index in [0.29, 0.717) is 18.0 Å². The van der Waals surface area contributed by atoms with E-state index in [0.717, 1.165) is 12.0 Å². The van der Waals surface area contributed by atoms with Crippen molar-refractivity contribution in [3.05, 3.63) is 30.4 Å². The molecule has 112 valence electrons. The van der Waals surface area contributed by atoms with Crippen molar-refractivity contribution in [2.75, 3.05) is 25.9 Å². The van der Waals surface area contributed by atoms with Crippen molar-refractivity contribution in [2.24, 2.45) is 0 Å². The van der Waals surface area contributed by atoms with Gasteiger partial charge in [-0.2, -0.15) is 4.31 Å². The van der Waals surface area contributed by atoms with Gasteiger partial charge in [0, 0.05) is 18.8 Å². The molecule has 0 fully saturated rings. The highest BCUT2D eigenvalue weighted by Gasteiger charge is 2.27. The van der Waals surface area contributed by atoms with E-state index in [9.17, 15) is 8.42 Å². The molecular formula is C14H22N2O3S. The van der Waals surface area contributed by atoms with Crippen LogP contribution in [-0.2, 0) is 10.0 Å². The van der Waals surface area contributed by atoms with Crippen LogP contribution in [0.4, 0.5) is 5.69 Å². The first-order valence-corrected chi connectivity index (χ1v) is 7.87. The Morgan fingerprint density at radius 2 is 2.10 bits per heavy atom. The van der Waals surface area contributed by atoms with E-state index in [4.69, 9.17) is 10.5 Å². The van der Waals surface area contributed by atoms with Gasteiger partial charge in [-0.25, -0.2) is 8.42 Å². The molecule has 1 aromatic carbocycles. The van der Waals surface area contributed by atoms with Gasteiger partial charge in [-0.1, -0.05) is 13.0 Å². The first-order valence-electron chi connectivity index (χ1n) is 6.43. The van der Waals surface area contributed by atoms with E-state index >= 15 is 0 Å². The van der Waals surface area contributed by atoms with E-state index in [1.807, 2.05) is 13.8 Å². The van der Waals surface area contributed by atoms with Crippen LogP contribution in [-0.4, -0.2) is 32.9 Å². The zero-order valence-corrected chi connectivity index (χ0v) is 13.0. The lowest BCUT2D eigenvalue weighted by molar-refractivity contribution is 0.395. The second kappa shape index (κ2) is 6.76. The van der Waals surface area contributed by atoms with Crippen LogP contribution in [0.5, 0.6) is 5.75 Å². The normalized spacial score (nSPS) is 11.6. The van der Waals surface area contributed by atoms with Crippen LogP contribution in [0.25, 0.3) is 0 Å². The zero-order chi connectivity index (χ0) is 15.3. The third-order valence-electron chi connectivity index (χ3n) is 2.98. The van der Waals surface area contributed by atoms with E-state index < -0.39 is 10.0 Å². The second-order valence-corrected chi connectivity index (χ2v) is 6.42. The monoisotopic (exact) mass is 298 g/mol. The summed E-state index contributed by atoms with van der Waals surface area (Å²) in [7, 11) is -2.20. The number of benzene rings is 1. The van der Waals surface area contributed by atoms with Crippen molar-refractivity contribution in [1.29, 1.82) is 0 Å². The molecule has 5 nitrogen and oxygen atoms in total. The molecule has 0 amide bonds. The van der Waals surface area contributed by atoms with Crippen molar-refractivity contribution in [3.63, 3.8) is 0 Å². The minimum Gasteiger partial charge on any atom is -0.495 e. The number of rotatable bonds is 7. The lowest BCUT2D eigenvalue weighted by Crippen LogP contribution is -2.32. The van der Waals surface area contributed by atoms with Crippen molar-refractivity contribution in [1.82, 2.24) is 4.31 Å². The largest absolute Gasteiger partial charge is 0.495 e. The Hall–Kier alpha value is -1.53. The van der Waals surface area contributed by atoms with Crippen LogP contribution < -0.4 is 10.5 Å². The van der Waals surface area contributed by atoms with E-state index in [1.165, 1.54) is 17.5 Å². The number of hydrogen-bond acceptors (Lipinski definition) is 4. The fraction of sp³-hybridized carbons (Fsp3) is 0.429. The molecule has 0 spiro atoms. The van der Waals surface area contributed by atoms with Gasteiger partial charge in [-0.15, -0.1) is 6.58 Å². The van der Waals surface area contributed by atoms with Crippen molar-refractivity contribution < 1.29 is 13.2 Å². The van der Waals surface area contributed by atoms with Gasteiger partial charge in [0.05, 0.1) is 7.11 Å². The Morgan fingerprint density at radius 3 is 2.60 bits per heavy atom. The van der Waals surface area contributed by atoms with E-state index in [1.54, 1.807) is 12.1 Å². The summed E-state index contributed by atoms with van der Waals surface area (Å²) in [4.78, 5) is 0.0957. The highest BCUT2D eigenvalue weighted by molar-refractivity contribution is 7.89. The maximum absolute atomic E-state index is 12.7. The van der Waals surface area contributed by atoms with E-state index in [2.05, 4.69) is 6.58 Å². The van der Waals surface area contributed by atoms with Crippen LogP contribution in [0.15, 0.2) is 29.7 Å². The molecular weight excluding hydrogens is 276 g/mol. The first kappa shape index (κ1) is 16.5. The van der Waals surface area contributed by atoms with Crippen LogP contribution in [0.3, 0.4) is 0 Å². The summed E-state index contributed by atoms with van der Waals surface area (Å²) in [5, 5.41) is 0. The molecule has 1 aromatic rings. The van der Waals surface area contributed by atoms with E-state index in [-0.39, 0.29) is 11.4 Å². The highest BCUT2D eigenvalue weighted by atomic mass is 32.2. The van der Waals surface area contributed by atoms with Crippen molar-refractivity contribution in [3.8, 4) is 5.75 Å². The van der Waals surface area contributed by atoms with Gasteiger partial charge in [0.25, 0.3) is 0 Å². The molecule has 20 heavy (non-hydrogen) atoms. The summed E-state index contributed by atoms with van der Waals surface area (Å²) in [6.07, 6.45) is 2.29. The van der Waals surface area contributed by atoms with Crippen molar-refractivity contribution in [2.45, 2.75) is 25.2 Å². The Labute approximate surface area is 121 Å². The molecule has 1 rings (SSSR count). The van der Waals surface area contributed by atoms with Crippen LogP contribution in [0, 0.1) is 6.92 Å². The van der Waals surface area contributed by atoms with Crippen LogP contribution >= 0.6 is 0 Å². The molecule has 0 unspecified atom stereocenters. The summed E-state index contributed by atoms with van der Waals surface area (Å²) in [6.45, 7) is 8.01. The Morgan fingerprint density at radius 1 is 1.45 bits per heavy atom. The predicted molar refractivity (Wildman–Crippen MR) is 81.4 cm³/mol. The molecule has 2 N–H and O–H groups in total. The van der Waals surface area contributed by atoms with Crippen LogP contribution in [0.1, 0.15) is 18.9 Å². The maximum atomic E-state index is 12.7. The first-order chi connectivity index (χ1) is 9.38. The number of nitrogens with two attached hydrogens (primary N) is 1. The summed E-state index contributed by atoms with van der Waals surface area (Å²) < 4.78 is 32.0. The summed E-state index contributed by atoms with van der Waals surface area (Å²) >= 11 is 0. The Balaban J connectivity index is 3.39. The van der Waals surface area contributed by atoms with Gasteiger partial charge in [-0.3, -0.25) is 0 Å². The van der Waals surface area contributed by atoms with Gasteiger partial charge < -0.3 is 10.5 Å². The molecule has 6 heteroatoms. The topological polar surface area (TPSA) is 72.6 Å². The molecule has 0 radical (unpaired) electrons.